The topological polar surface area (TPSA) is 59.1 Å². The van der Waals surface area contributed by atoms with Gasteiger partial charge in [0.15, 0.2) is 0 Å². The number of nitrogens with zero attached hydrogens (tertiary/aromatic N) is 2. The van der Waals surface area contributed by atoms with Crippen LogP contribution in [0.1, 0.15) is 32.4 Å². The van der Waals surface area contributed by atoms with Crippen LogP contribution in [-0.2, 0) is 19.1 Å². The number of carbonyl (C=O) groups excluding carboxylic acids is 2. The molecule has 1 heterocycles. The summed E-state index contributed by atoms with van der Waals surface area (Å²) in [5, 5.41) is 0. The molecule has 1 atom stereocenters. The third-order valence-electron chi connectivity index (χ3n) is 4.47. The first-order chi connectivity index (χ1) is 11.8. The van der Waals surface area contributed by atoms with Gasteiger partial charge < -0.3 is 14.4 Å². The highest BCUT2D eigenvalue weighted by Crippen LogP contribution is 2.30. The second kappa shape index (κ2) is 8.45. The van der Waals surface area contributed by atoms with Gasteiger partial charge in [0.05, 0.1) is 25.9 Å². The first-order valence-corrected chi connectivity index (χ1v) is 8.64. The summed E-state index contributed by atoms with van der Waals surface area (Å²) in [6.07, 6.45) is -0.0580. The number of carbonyl (C=O) groups is 2. The fraction of sp³-hybridized carbons (Fsp3) is 0.579. The lowest BCUT2D eigenvalue weighted by Crippen LogP contribution is -2.56. The van der Waals surface area contributed by atoms with E-state index in [1.807, 2.05) is 30.3 Å². The number of ether oxygens (including phenoxy) is 2. The van der Waals surface area contributed by atoms with Crippen molar-refractivity contribution in [3.05, 3.63) is 35.9 Å². The van der Waals surface area contributed by atoms with Crippen molar-refractivity contribution in [2.24, 2.45) is 0 Å². The number of hydrogen-bond donors (Lipinski definition) is 0. The second-order valence-electron chi connectivity index (χ2n) is 6.96. The van der Waals surface area contributed by atoms with Crippen LogP contribution in [0.25, 0.3) is 0 Å². The molecular weight excluding hydrogens is 320 g/mol. The van der Waals surface area contributed by atoms with Gasteiger partial charge in [0.2, 0.25) is 5.91 Å². The number of benzene rings is 1. The zero-order valence-corrected chi connectivity index (χ0v) is 15.5. The first-order valence-electron chi connectivity index (χ1n) is 8.64. The SMILES string of the molecule is CCOC(=O)CN(C)C(=O)CN1CC(c2ccccc2)OCC1(C)C. The van der Waals surface area contributed by atoms with E-state index in [1.54, 1.807) is 14.0 Å². The Morgan fingerprint density at radius 2 is 2.00 bits per heavy atom. The lowest BCUT2D eigenvalue weighted by atomic mass is 9.98. The van der Waals surface area contributed by atoms with Crippen LogP contribution in [0, 0.1) is 0 Å². The fourth-order valence-electron chi connectivity index (χ4n) is 2.82. The van der Waals surface area contributed by atoms with Crippen molar-refractivity contribution in [2.75, 3.05) is 39.9 Å². The van der Waals surface area contributed by atoms with Crippen molar-refractivity contribution in [3.8, 4) is 0 Å². The van der Waals surface area contributed by atoms with Gasteiger partial charge >= 0.3 is 5.97 Å². The zero-order valence-electron chi connectivity index (χ0n) is 15.5. The summed E-state index contributed by atoms with van der Waals surface area (Å²) in [5.74, 6) is -0.489. The van der Waals surface area contributed by atoms with Crippen LogP contribution in [-0.4, -0.2) is 67.1 Å². The largest absolute Gasteiger partial charge is 0.465 e. The van der Waals surface area contributed by atoms with Gasteiger partial charge in [0, 0.05) is 19.1 Å². The summed E-state index contributed by atoms with van der Waals surface area (Å²) in [4.78, 5) is 27.6. The minimum absolute atomic E-state index is 0.0282. The van der Waals surface area contributed by atoms with Gasteiger partial charge in [-0.05, 0) is 26.3 Å². The quantitative estimate of drug-likeness (QED) is 0.735. The molecule has 1 unspecified atom stereocenters. The summed E-state index contributed by atoms with van der Waals surface area (Å²) in [5.41, 5.74) is 0.862. The van der Waals surface area contributed by atoms with Crippen molar-refractivity contribution in [1.82, 2.24) is 9.80 Å². The molecule has 0 radical (unpaired) electrons. The Bertz CT molecular complexity index is 588. The Kier molecular flexibility index (Phi) is 6.56. The minimum Gasteiger partial charge on any atom is -0.465 e. The van der Waals surface area contributed by atoms with E-state index in [1.165, 1.54) is 4.90 Å². The minimum atomic E-state index is -0.387. The molecule has 1 aliphatic rings. The fourth-order valence-corrected chi connectivity index (χ4v) is 2.82. The van der Waals surface area contributed by atoms with Crippen LogP contribution in [0.3, 0.4) is 0 Å². The van der Waals surface area contributed by atoms with Crippen molar-refractivity contribution in [2.45, 2.75) is 32.4 Å². The van der Waals surface area contributed by atoms with E-state index in [2.05, 4.69) is 18.7 Å². The Balaban J connectivity index is 1.99. The predicted octanol–water partition coefficient (Wildman–Crippen LogP) is 1.86. The van der Waals surface area contributed by atoms with Crippen LogP contribution < -0.4 is 0 Å². The molecule has 1 aliphatic heterocycles. The van der Waals surface area contributed by atoms with Gasteiger partial charge in [0.1, 0.15) is 6.54 Å². The van der Waals surface area contributed by atoms with Crippen molar-refractivity contribution >= 4 is 11.9 Å². The lowest BCUT2D eigenvalue weighted by molar-refractivity contribution is -0.151. The van der Waals surface area contributed by atoms with E-state index < -0.39 is 0 Å². The molecule has 6 heteroatoms. The predicted molar refractivity (Wildman–Crippen MR) is 95.1 cm³/mol. The van der Waals surface area contributed by atoms with Crippen LogP contribution in [0.4, 0.5) is 0 Å². The molecule has 1 fully saturated rings. The molecule has 6 nitrogen and oxygen atoms in total. The highest BCUT2D eigenvalue weighted by molar-refractivity contribution is 5.83. The Hall–Kier alpha value is -1.92. The first kappa shape index (κ1) is 19.4. The smallest absolute Gasteiger partial charge is 0.325 e. The third kappa shape index (κ3) is 5.28. The average molecular weight is 348 g/mol. The van der Waals surface area contributed by atoms with Gasteiger partial charge in [-0.15, -0.1) is 0 Å². The van der Waals surface area contributed by atoms with Crippen LogP contribution in [0.15, 0.2) is 30.3 Å². The van der Waals surface area contributed by atoms with Gasteiger partial charge in [-0.2, -0.15) is 0 Å². The molecule has 1 aromatic rings. The molecule has 25 heavy (non-hydrogen) atoms. The monoisotopic (exact) mass is 348 g/mol. The molecule has 0 aromatic heterocycles. The Morgan fingerprint density at radius 1 is 1.32 bits per heavy atom. The van der Waals surface area contributed by atoms with E-state index in [0.717, 1.165) is 5.56 Å². The molecular formula is C19H28N2O4. The average Bonchev–Trinajstić information content (AvgIpc) is 2.57. The summed E-state index contributed by atoms with van der Waals surface area (Å²) < 4.78 is 10.9. The maximum absolute atomic E-state index is 12.5. The molecule has 0 saturated carbocycles. The molecule has 138 valence electrons. The summed E-state index contributed by atoms with van der Waals surface area (Å²) in [6, 6.07) is 10.0. The summed E-state index contributed by atoms with van der Waals surface area (Å²) in [6.45, 7) is 7.59. The number of amides is 1. The number of likely N-dealkylation sites (N-methyl/N-ethyl adjacent to an activating group) is 1. The maximum Gasteiger partial charge on any atom is 0.325 e. The normalized spacial score (nSPS) is 20.1. The molecule has 1 aromatic carbocycles. The Morgan fingerprint density at radius 3 is 2.64 bits per heavy atom. The zero-order chi connectivity index (χ0) is 18.4. The van der Waals surface area contributed by atoms with E-state index >= 15 is 0 Å². The van der Waals surface area contributed by atoms with Gasteiger partial charge in [-0.1, -0.05) is 30.3 Å². The third-order valence-corrected chi connectivity index (χ3v) is 4.47. The second-order valence-corrected chi connectivity index (χ2v) is 6.96. The number of morpholine rings is 1. The van der Waals surface area contributed by atoms with Gasteiger partial charge in [-0.3, -0.25) is 14.5 Å². The van der Waals surface area contributed by atoms with E-state index in [4.69, 9.17) is 9.47 Å². The highest BCUT2D eigenvalue weighted by atomic mass is 16.5. The lowest BCUT2D eigenvalue weighted by Gasteiger charge is -2.45. The van der Waals surface area contributed by atoms with Crippen LogP contribution >= 0.6 is 0 Å². The van der Waals surface area contributed by atoms with E-state index in [0.29, 0.717) is 19.8 Å². The van der Waals surface area contributed by atoms with E-state index in [-0.39, 0.29) is 36.6 Å². The Labute approximate surface area is 149 Å². The number of rotatable bonds is 6. The molecule has 0 aliphatic carbocycles. The van der Waals surface area contributed by atoms with Crippen molar-refractivity contribution in [1.29, 1.82) is 0 Å². The number of esters is 1. The molecule has 0 bridgehead atoms. The van der Waals surface area contributed by atoms with Crippen molar-refractivity contribution in [3.63, 3.8) is 0 Å². The van der Waals surface area contributed by atoms with E-state index in [9.17, 15) is 9.59 Å². The van der Waals surface area contributed by atoms with Crippen LogP contribution in [0.5, 0.6) is 0 Å². The summed E-state index contributed by atoms with van der Waals surface area (Å²) in [7, 11) is 1.63. The van der Waals surface area contributed by atoms with Crippen LogP contribution in [0.2, 0.25) is 0 Å². The molecule has 1 amide bonds. The maximum atomic E-state index is 12.5. The van der Waals surface area contributed by atoms with Gasteiger partial charge in [-0.25, -0.2) is 0 Å². The van der Waals surface area contributed by atoms with Crippen molar-refractivity contribution < 1.29 is 19.1 Å². The molecule has 1 saturated heterocycles. The summed E-state index contributed by atoms with van der Waals surface area (Å²) >= 11 is 0. The van der Waals surface area contributed by atoms with Gasteiger partial charge in [0.25, 0.3) is 0 Å². The standard InChI is InChI=1S/C19H28N2O4/c1-5-24-18(23)13-20(4)17(22)12-21-11-16(25-14-19(21,2)3)15-9-7-6-8-10-15/h6-10,16H,5,11-14H2,1-4H3. The highest BCUT2D eigenvalue weighted by Gasteiger charge is 2.37. The molecule has 2 rings (SSSR count). The number of hydrogen-bond acceptors (Lipinski definition) is 5. The molecule has 0 spiro atoms. The molecule has 0 N–H and O–H groups in total.